The average molecular weight is 648 g/mol. The summed E-state index contributed by atoms with van der Waals surface area (Å²) in [5, 5.41) is 0. The number of carbonyl (C=O) groups excluding carboxylic acids is 4. The van der Waals surface area contributed by atoms with E-state index >= 15 is 0 Å². The van der Waals surface area contributed by atoms with Crippen molar-refractivity contribution in [1.82, 2.24) is 9.80 Å². The molecule has 2 saturated heterocycles. The summed E-state index contributed by atoms with van der Waals surface area (Å²) >= 11 is 0. The van der Waals surface area contributed by atoms with E-state index in [1.807, 2.05) is 74.1 Å². The molecule has 46 heavy (non-hydrogen) atoms. The molecule has 4 aliphatic rings. The monoisotopic (exact) mass is 647 g/mol. The number of fused-ring (bicyclic) bond motifs is 2. The third kappa shape index (κ3) is 9.04. The van der Waals surface area contributed by atoms with Gasteiger partial charge in [0.05, 0.1) is 6.04 Å². The van der Waals surface area contributed by atoms with Gasteiger partial charge in [0.15, 0.2) is 0 Å². The molecule has 2 amide bonds. The molecule has 8 atom stereocenters. The van der Waals surface area contributed by atoms with Gasteiger partial charge in [0.25, 0.3) is 0 Å². The molecule has 2 heterocycles. The number of rotatable bonds is 4. The fraction of sp³-hybridized carbons (Fsp3) is 0.892. The highest BCUT2D eigenvalue weighted by Gasteiger charge is 2.53. The molecule has 0 radical (unpaired) electrons. The van der Waals surface area contributed by atoms with E-state index in [0.29, 0.717) is 24.9 Å². The van der Waals surface area contributed by atoms with Crippen molar-refractivity contribution in [2.24, 2.45) is 46.2 Å². The predicted octanol–water partition coefficient (Wildman–Crippen LogP) is 5.97. The second kappa shape index (κ2) is 13.8. The molecule has 9 nitrogen and oxygen atoms in total. The number of carbonyl (C=O) groups is 4. The van der Waals surface area contributed by atoms with E-state index < -0.39 is 23.3 Å². The first-order valence-electron chi connectivity index (χ1n) is 17.7. The molecule has 2 N–H and O–H groups in total. The highest BCUT2D eigenvalue weighted by molar-refractivity contribution is 5.89. The number of ether oxygens (including phenoxy) is 2. The van der Waals surface area contributed by atoms with Gasteiger partial charge in [-0.3, -0.25) is 9.59 Å². The van der Waals surface area contributed by atoms with Crippen molar-refractivity contribution in [3.8, 4) is 0 Å². The Kier molecular flexibility index (Phi) is 11.4. The minimum atomic E-state index is -0.605. The number of nitrogens with two attached hydrogens (primary N) is 1. The number of hydrogen-bond donors (Lipinski definition) is 1. The van der Waals surface area contributed by atoms with E-state index in [4.69, 9.17) is 15.2 Å². The number of esters is 2. The third-order valence-electron chi connectivity index (χ3n) is 10.5. The first-order chi connectivity index (χ1) is 20.8. The molecule has 9 heteroatoms. The third-order valence-corrected chi connectivity index (χ3v) is 10.5. The maximum Gasteiger partial charge on any atom is 0.329 e. The van der Waals surface area contributed by atoms with Crippen LogP contribution in [0.5, 0.6) is 0 Å². The van der Waals surface area contributed by atoms with Crippen LogP contribution in [0, 0.1) is 40.4 Å². The summed E-state index contributed by atoms with van der Waals surface area (Å²) in [5.41, 5.74) is 4.68. The van der Waals surface area contributed by atoms with Crippen molar-refractivity contribution in [3.05, 3.63) is 0 Å². The smallest absolute Gasteiger partial charge is 0.329 e. The lowest BCUT2D eigenvalue weighted by atomic mass is 9.81. The average Bonchev–Trinajstić information content (AvgIpc) is 3.64. The molecular formula is C37H65N3O6. The van der Waals surface area contributed by atoms with Gasteiger partial charge >= 0.3 is 11.9 Å². The van der Waals surface area contributed by atoms with Crippen LogP contribution in [0.15, 0.2) is 0 Å². The molecule has 264 valence electrons. The Morgan fingerprint density at radius 3 is 1.30 bits per heavy atom. The van der Waals surface area contributed by atoms with Crippen LogP contribution >= 0.6 is 0 Å². The largest absolute Gasteiger partial charge is 0.458 e. The van der Waals surface area contributed by atoms with E-state index in [0.717, 1.165) is 38.5 Å². The Bertz CT molecular complexity index is 1040. The Morgan fingerprint density at radius 1 is 0.609 bits per heavy atom. The summed E-state index contributed by atoms with van der Waals surface area (Å²) in [6.07, 6.45) is 6.51. The molecule has 0 spiro atoms. The van der Waals surface area contributed by atoms with Crippen LogP contribution in [-0.4, -0.2) is 76.0 Å². The minimum absolute atomic E-state index is 0.0998. The quantitative estimate of drug-likeness (QED) is 0.374. The Hall–Kier alpha value is -2.16. The number of nitrogens with zero attached hydrogens (tertiary/aromatic N) is 2. The van der Waals surface area contributed by atoms with Gasteiger partial charge in [-0.1, -0.05) is 61.3 Å². The molecule has 0 bridgehead atoms. The Balaban J connectivity index is 0.000000250. The molecule has 0 aromatic rings. The second-order valence-corrected chi connectivity index (χ2v) is 18.6. The number of likely N-dealkylation sites (tertiary alicyclic amines) is 2. The zero-order chi connectivity index (χ0) is 35.2. The van der Waals surface area contributed by atoms with Gasteiger partial charge < -0.3 is 25.0 Å². The van der Waals surface area contributed by atoms with Gasteiger partial charge in [0.1, 0.15) is 23.3 Å². The van der Waals surface area contributed by atoms with Crippen LogP contribution in [0.25, 0.3) is 0 Å². The van der Waals surface area contributed by atoms with Crippen LogP contribution in [-0.2, 0) is 28.7 Å². The zero-order valence-corrected chi connectivity index (χ0v) is 31.2. The van der Waals surface area contributed by atoms with Gasteiger partial charge in [-0.25, -0.2) is 9.59 Å². The molecule has 0 unspecified atom stereocenters. The molecule has 2 saturated carbocycles. The van der Waals surface area contributed by atoms with E-state index in [-0.39, 0.29) is 58.4 Å². The molecule has 4 rings (SSSR count). The minimum Gasteiger partial charge on any atom is -0.458 e. The Morgan fingerprint density at radius 2 is 0.978 bits per heavy atom. The maximum atomic E-state index is 13.0. The van der Waals surface area contributed by atoms with E-state index in [1.54, 1.807) is 4.90 Å². The van der Waals surface area contributed by atoms with E-state index in [2.05, 4.69) is 20.8 Å². The molecule has 0 aromatic carbocycles. The summed E-state index contributed by atoms with van der Waals surface area (Å²) in [5.74, 6) is 0.744. The second-order valence-electron chi connectivity index (χ2n) is 18.6. The zero-order valence-electron chi connectivity index (χ0n) is 31.2. The molecule has 0 aromatic heterocycles. The van der Waals surface area contributed by atoms with Crippen molar-refractivity contribution in [2.75, 3.05) is 13.1 Å². The topological polar surface area (TPSA) is 119 Å². The van der Waals surface area contributed by atoms with Crippen molar-refractivity contribution in [1.29, 1.82) is 0 Å². The fourth-order valence-corrected chi connectivity index (χ4v) is 7.56. The fourth-order valence-electron chi connectivity index (χ4n) is 7.56. The van der Waals surface area contributed by atoms with Crippen molar-refractivity contribution in [2.45, 2.75) is 158 Å². The summed E-state index contributed by atoms with van der Waals surface area (Å²) in [7, 11) is 0. The highest BCUT2D eigenvalue weighted by Crippen LogP contribution is 2.45. The summed E-state index contributed by atoms with van der Waals surface area (Å²) in [4.78, 5) is 55.0. The summed E-state index contributed by atoms with van der Waals surface area (Å²) < 4.78 is 11.2. The van der Waals surface area contributed by atoms with Crippen molar-refractivity contribution >= 4 is 23.8 Å². The lowest BCUT2D eigenvalue weighted by molar-refractivity contribution is -0.166. The normalized spacial score (nSPS) is 29.3. The van der Waals surface area contributed by atoms with Crippen LogP contribution in [0.2, 0.25) is 0 Å². The SMILES string of the molecule is CC(C)(C)OC(=O)[C@@H]1[C@H]2CCC[C@H]2CN1C(=O)[C@@H](N)C(C)(C)C.C[C@H](C(=O)N1C[C@@H]2CCC[C@@H]2[C@H]1C(=O)OC(C)(C)C)C(C)(C)C. The van der Waals surface area contributed by atoms with Gasteiger partial charge in [0, 0.05) is 19.0 Å². The highest BCUT2D eigenvalue weighted by atomic mass is 16.6. The number of amides is 2. The Labute approximate surface area is 279 Å². The van der Waals surface area contributed by atoms with Gasteiger partial charge in [-0.15, -0.1) is 0 Å². The first-order valence-corrected chi connectivity index (χ1v) is 17.7. The maximum absolute atomic E-state index is 13.0. The molecular weight excluding hydrogens is 582 g/mol. The van der Waals surface area contributed by atoms with Gasteiger partial charge in [-0.2, -0.15) is 0 Å². The van der Waals surface area contributed by atoms with Gasteiger partial charge in [-0.05, 0) is 102 Å². The lowest BCUT2D eigenvalue weighted by Gasteiger charge is -2.34. The van der Waals surface area contributed by atoms with Crippen molar-refractivity contribution < 1.29 is 28.7 Å². The first kappa shape index (κ1) is 38.3. The molecule has 2 aliphatic heterocycles. The molecule has 2 aliphatic carbocycles. The van der Waals surface area contributed by atoms with E-state index in [1.165, 1.54) is 0 Å². The van der Waals surface area contributed by atoms with E-state index in [9.17, 15) is 19.2 Å². The molecule has 4 fully saturated rings. The van der Waals surface area contributed by atoms with Crippen LogP contribution < -0.4 is 5.73 Å². The summed E-state index contributed by atoms with van der Waals surface area (Å²) in [6.45, 7) is 26.7. The van der Waals surface area contributed by atoms with Crippen molar-refractivity contribution in [3.63, 3.8) is 0 Å². The lowest BCUT2D eigenvalue weighted by Crippen LogP contribution is -2.55. The van der Waals surface area contributed by atoms with Crippen LogP contribution in [0.4, 0.5) is 0 Å². The predicted molar refractivity (Wildman–Crippen MR) is 180 cm³/mol. The standard InChI is InChI=1S/C19H33NO3.C18H32N2O3/c1-12(18(2,3)4)16(21)20-11-13-9-8-10-14(13)15(20)17(22)23-19(5,6)7;1-17(2,3)14(19)15(21)20-10-11-8-7-9-12(11)13(20)16(22)23-18(4,5)6/h12-15H,8-11H2,1-7H3;11-14H,7-10,19H2,1-6H3/t12-,13+,14+,15+;11-,12-,13-,14+/m10/s1. The van der Waals surface area contributed by atoms with Crippen LogP contribution in [0.3, 0.4) is 0 Å². The van der Waals surface area contributed by atoms with Gasteiger partial charge in [0.2, 0.25) is 11.8 Å². The van der Waals surface area contributed by atoms with Crippen LogP contribution in [0.1, 0.15) is 129 Å². The summed E-state index contributed by atoms with van der Waals surface area (Å²) in [6, 6.07) is -1.46. The number of hydrogen-bond acceptors (Lipinski definition) is 7.